The monoisotopic (exact) mass is 460 g/mol. The van der Waals surface area contributed by atoms with Crippen LogP contribution in [0.5, 0.6) is 0 Å². The SMILES string of the molecule is CC1(C)OB(c2cccc3oc4cccc(-c5ccc6c(c5)oc5ccccc56)c4c23)OC1(C)C. The van der Waals surface area contributed by atoms with Gasteiger partial charge in [0.2, 0.25) is 0 Å². The minimum atomic E-state index is -0.476. The normalized spacial score (nSPS) is 17.3. The van der Waals surface area contributed by atoms with Crippen LogP contribution in [0, 0.1) is 0 Å². The Kier molecular flexibility index (Phi) is 4.16. The summed E-state index contributed by atoms with van der Waals surface area (Å²) in [5.41, 5.74) is 5.74. The predicted molar refractivity (Wildman–Crippen MR) is 142 cm³/mol. The molecular formula is C30H25BO4. The molecule has 4 aromatic carbocycles. The van der Waals surface area contributed by atoms with Gasteiger partial charge in [0.05, 0.1) is 11.2 Å². The van der Waals surface area contributed by atoms with Crippen LogP contribution in [0.4, 0.5) is 0 Å². The maximum atomic E-state index is 6.43. The summed E-state index contributed by atoms with van der Waals surface area (Å²) in [4.78, 5) is 0. The molecule has 0 atom stereocenters. The quantitative estimate of drug-likeness (QED) is 0.252. The average Bonchev–Trinajstić information content (AvgIpc) is 3.46. The molecule has 3 heterocycles. The number of hydrogen-bond donors (Lipinski definition) is 0. The summed E-state index contributed by atoms with van der Waals surface area (Å²) in [5, 5.41) is 4.33. The summed E-state index contributed by atoms with van der Waals surface area (Å²) in [6.07, 6.45) is 0. The Labute approximate surface area is 203 Å². The molecule has 1 saturated heterocycles. The zero-order valence-electron chi connectivity index (χ0n) is 20.2. The van der Waals surface area contributed by atoms with Crippen LogP contribution in [0.3, 0.4) is 0 Å². The summed E-state index contributed by atoms with van der Waals surface area (Å²) in [6.45, 7) is 8.31. The Bertz CT molecular complexity index is 1760. The van der Waals surface area contributed by atoms with Gasteiger partial charge in [-0.2, -0.15) is 0 Å². The maximum absolute atomic E-state index is 6.43. The zero-order valence-corrected chi connectivity index (χ0v) is 20.2. The molecule has 4 nitrogen and oxygen atoms in total. The summed E-state index contributed by atoms with van der Waals surface area (Å²) in [7, 11) is -0.476. The van der Waals surface area contributed by atoms with Crippen LogP contribution in [0.15, 0.2) is 87.7 Å². The lowest BCUT2D eigenvalue weighted by Gasteiger charge is -2.32. The molecule has 7 rings (SSSR count). The lowest BCUT2D eigenvalue weighted by molar-refractivity contribution is 0.00578. The third-order valence-electron chi connectivity index (χ3n) is 7.75. The predicted octanol–water partition coefficient (Wildman–Crippen LogP) is 7.45. The molecule has 5 heteroatoms. The van der Waals surface area contributed by atoms with Gasteiger partial charge in [0, 0.05) is 21.5 Å². The van der Waals surface area contributed by atoms with E-state index in [0.29, 0.717) is 0 Å². The molecule has 1 fully saturated rings. The van der Waals surface area contributed by atoms with E-state index in [1.807, 2.05) is 42.5 Å². The Morgan fingerprint density at radius 3 is 2.00 bits per heavy atom. The van der Waals surface area contributed by atoms with Crippen molar-refractivity contribution in [2.24, 2.45) is 0 Å². The highest BCUT2D eigenvalue weighted by atomic mass is 16.7. The summed E-state index contributed by atoms with van der Waals surface area (Å²) < 4.78 is 25.4. The van der Waals surface area contributed by atoms with E-state index in [9.17, 15) is 0 Å². The first-order chi connectivity index (χ1) is 16.8. The van der Waals surface area contributed by atoms with E-state index < -0.39 is 18.3 Å². The van der Waals surface area contributed by atoms with Gasteiger partial charge < -0.3 is 18.1 Å². The van der Waals surface area contributed by atoms with E-state index >= 15 is 0 Å². The molecule has 0 N–H and O–H groups in total. The number of furan rings is 2. The first-order valence-electron chi connectivity index (χ1n) is 12.0. The molecule has 6 aromatic rings. The largest absolute Gasteiger partial charge is 0.495 e. The van der Waals surface area contributed by atoms with Crippen molar-refractivity contribution in [1.82, 2.24) is 0 Å². The second-order valence-electron chi connectivity index (χ2n) is 10.4. The molecule has 1 aliphatic heterocycles. The smallest absolute Gasteiger partial charge is 0.456 e. The van der Waals surface area contributed by atoms with E-state index in [-0.39, 0.29) is 0 Å². The van der Waals surface area contributed by atoms with E-state index in [0.717, 1.165) is 60.5 Å². The van der Waals surface area contributed by atoms with Crippen molar-refractivity contribution in [1.29, 1.82) is 0 Å². The van der Waals surface area contributed by atoms with Crippen molar-refractivity contribution in [2.75, 3.05) is 0 Å². The fourth-order valence-electron chi connectivity index (χ4n) is 5.19. The van der Waals surface area contributed by atoms with Gasteiger partial charge in [0.15, 0.2) is 0 Å². The van der Waals surface area contributed by atoms with E-state index in [1.54, 1.807) is 0 Å². The molecular weight excluding hydrogens is 435 g/mol. The summed E-state index contributed by atoms with van der Waals surface area (Å²) in [6, 6.07) is 26.9. The fourth-order valence-corrected chi connectivity index (χ4v) is 5.19. The molecule has 0 spiro atoms. The first kappa shape index (κ1) is 20.8. The molecule has 0 unspecified atom stereocenters. The zero-order chi connectivity index (χ0) is 23.9. The second kappa shape index (κ2) is 7.00. The van der Waals surface area contributed by atoms with Crippen molar-refractivity contribution in [3.63, 3.8) is 0 Å². The molecule has 35 heavy (non-hydrogen) atoms. The molecule has 0 aliphatic carbocycles. The summed E-state index contributed by atoms with van der Waals surface area (Å²) >= 11 is 0. The van der Waals surface area contributed by atoms with Crippen molar-refractivity contribution < 1.29 is 18.1 Å². The van der Waals surface area contributed by atoms with Crippen molar-refractivity contribution in [3.05, 3.63) is 78.9 Å². The van der Waals surface area contributed by atoms with E-state index in [2.05, 4.69) is 64.1 Å². The number of rotatable bonds is 2. The van der Waals surface area contributed by atoms with Crippen LogP contribution < -0.4 is 5.46 Å². The van der Waals surface area contributed by atoms with Crippen LogP contribution in [0.2, 0.25) is 0 Å². The lowest BCUT2D eigenvalue weighted by atomic mass is 9.76. The van der Waals surface area contributed by atoms with Crippen LogP contribution in [0.25, 0.3) is 55.0 Å². The third-order valence-corrected chi connectivity index (χ3v) is 7.75. The Balaban J connectivity index is 1.47. The molecule has 0 radical (unpaired) electrons. The average molecular weight is 460 g/mol. The van der Waals surface area contributed by atoms with Gasteiger partial charge in [-0.3, -0.25) is 0 Å². The number of fused-ring (bicyclic) bond motifs is 6. The molecule has 2 aromatic heterocycles. The second-order valence-corrected chi connectivity index (χ2v) is 10.4. The van der Waals surface area contributed by atoms with Crippen LogP contribution in [0.1, 0.15) is 27.7 Å². The van der Waals surface area contributed by atoms with Crippen molar-refractivity contribution >= 4 is 56.5 Å². The fraction of sp³-hybridized carbons (Fsp3) is 0.200. The topological polar surface area (TPSA) is 44.7 Å². The Morgan fingerprint density at radius 1 is 0.571 bits per heavy atom. The van der Waals surface area contributed by atoms with Gasteiger partial charge >= 0.3 is 7.12 Å². The highest BCUT2D eigenvalue weighted by molar-refractivity contribution is 6.66. The van der Waals surface area contributed by atoms with Gasteiger partial charge in [-0.1, -0.05) is 48.5 Å². The molecule has 0 amide bonds. The van der Waals surface area contributed by atoms with Gasteiger partial charge in [-0.05, 0) is 74.6 Å². The first-order valence-corrected chi connectivity index (χ1v) is 12.0. The van der Waals surface area contributed by atoms with E-state index in [1.165, 1.54) is 0 Å². The molecule has 1 aliphatic rings. The Hall–Kier alpha value is -3.54. The lowest BCUT2D eigenvalue weighted by Crippen LogP contribution is -2.41. The van der Waals surface area contributed by atoms with E-state index in [4.69, 9.17) is 18.1 Å². The van der Waals surface area contributed by atoms with Gasteiger partial charge in [-0.15, -0.1) is 0 Å². The maximum Gasteiger partial charge on any atom is 0.495 e. The number of hydrogen-bond acceptors (Lipinski definition) is 4. The third kappa shape index (κ3) is 2.95. The molecule has 0 saturated carbocycles. The molecule has 172 valence electrons. The van der Waals surface area contributed by atoms with Crippen molar-refractivity contribution in [3.8, 4) is 11.1 Å². The minimum Gasteiger partial charge on any atom is -0.456 e. The standard InChI is InChI=1S/C30H25BO4/c1-29(2)30(3,4)35-31(34-29)22-11-8-14-25-28(22)27-19(10-7-13-24(27)33-25)18-15-16-21-20-9-5-6-12-23(20)32-26(21)17-18/h5-17H,1-4H3. The van der Waals surface area contributed by atoms with Gasteiger partial charge in [0.25, 0.3) is 0 Å². The summed E-state index contributed by atoms with van der Waals surface area (Å²) in [5.74, 6) is 0. The number of para-hydroxylation sites is 1. The molecule has 0 bridgehead atoms. The Morgan fingerprint density at radius 2 is 1.20 bits per heavy atom. The van der Waals surface area contributed by atoms with Crippen LogP contribution >= 0.6 is 0 Å². The van der Waals surface area contributed by atoms with Crippen LogP contribution in [-0.4, -0.2) is 18.3 Å². The van der Waals surface area contributed by atoms with Gasteiger partial charge in [0.1, 0.15) is 22.3 Å². The van der Waals surface area contributed by atoms with Crippen LogP contribution in [-0.2, 0) is 9.31 Å². The van der Waals surface area contributed by atoms with Crippen molar-refractivity contribution in [2.45, 2.75) is 38.9 Å². The minimum absolute atomic E-state index is 0.422. The highest BCUT2D eigenvalue weighted by Crippen LogP contribution is 2.41. The van der Waals surface area contributed by atoms with Gasteiger partial charge in [-0.25, -0.2) is 0 Å². The number of benzene rings is 4. The highest BCUT2D eigenvalue weighted by Gasteiger charge is 2.52.